The van der Waals surface area contributed by atoms with E-state index in [0.29, 0.717) is 5.95 Å². The summed E-state index contributed by atoms with van der Waals surface area (Å²) in [6, 6.07) is 61.3. The van der Waals surface area contributed by atoms with Crippen molar-refractivity contribution in [3.63, 3.8) is 0 Å². The van der Waals surface area contributed by atoms with E-state index in [1.165, 1.54) is 65.6 Å². The van der Waals surface area contributed by atoms with Crippen LogP contribution in [0.15, 0.2) is 170 Å². The predicted molar refractivity (Wildman–Crippen MR) is 216 cm³/mol. The summed E-state index contributed by atoms with van der Waals surface area (Å²) < 4.78 is 4.63. The number of aromatic nitrogens is 4. The molecule has 1 aliphatic carbocycles. The highest BCUT2D eigenvalue weighted by Crippen LogP contribution is 2.47. The quantitative estimate of drug-likeness (QED) is 0.189. The Morgan fingerprint density at radius 2 is 1.02 bits per heavy atom. The van der Waals surface area contributed by atoms with Crippen molar-refractivity contribution in [2.45, 2.75) is 0 Å². The average molecular weight is 661 g/mol. The molecule has 0 unspecified atom stereocenters. The summed E-state index contributed by atoms with van der Waals surface area (Å²) in [4.78, 5) is 10.6. The molecular formula is C48H28N4. The van der Waals surface area contributed by atoms with E-state index in [1.54, 1.807) is 0 Å². The second-order valence-electron chi connectivity index (χ2n) is 13.8. The van der Waals surface area contributed by atoms with Gasteiger partial charge in [-0.25, -0.2) is 9.97 Å². The molecule has 0 aliphatic heterocycles. The number of para-hydroxylation sites is 2. The Bertz CT molecular complexity index is 3290. The van der Waals surface area contributed by atoms with Crippen molar-refractivity contribution in [1.29, 1.82) is 0 Å². The molecule has 4 heteroatoms. The van der Waals surface area contributed by atoms with Crippen LogP contribution in [0.4, 0.5) is 0 Å². The third-order valence-electron chi connectivity index (χ3n) is 11.1. The van der Waals surface area contributed by atoms with Gasteiger partial charge >= 0.3 is 0 Å². The van der Waals surface area contributed by atoms with Crippen LogP contribution in [-0.4, -0.2) is 19.1 Å². The number of hydrogen-bond acceptors (Lipinski definition) is 2. The molecule has 0 fully saturated rings. The van der Waals surface area contributed by atoms with E-state index in [0.717, 1.165) is 38.9 Å². The predicted octanol–water partition coefficient (Wildman–Crippen LogP) is 12.3. The van der Waals surface area contributed by atoms with Gasteiger partial charge in [0.25, 0.3) is 0 Å². The first-order valence-corrected chi connectivity index (χ1v) is 17.8. The summed E-state index contributed by atoms with van der Waals surface area (Å²) in [5.41, 5.74) is 13.7. The van der Waals surface area contributed by atoms with Gasteiger partial charge in [0.1, 0.15) is 0 Å². The van der Waals surface area contributed by atoms with Crippen molar-refractivity contribution in [3.05, 3.63) is 170 Å². The molecule has 0 bridgehead atoms. The molecule has 3 heterocycles. The Hall–Kier alpha value is -7.04. The van der Waals surface area contributed by atoms with Crippen LogP contribution in [0.3, 0.4) is 0 Å². The zero-order valence-electron chi connectivity index (χ0n) is 28.0. The number of nitrogens with zero attached hydrogens (tertiary/aromatic N) is 4. The van der Waals surface area contributed by atoms with Crippen LogP contribution in [-0.2, 0) is 0 Å². The number of fused-ring (bicyclic) bond motifs is 11. The fourth-order valence-electron chi connectivity index (χ4n) is 8.81. The molecular weight excluding hydrogens is 633 g/mol. The standard InChI is InChI=1S/C48H28N4/c1-2-12-32(13-3-1)51-41-20-9-8-16-35(41)38-27-30(22-24-42(38)51)31-23-25-43-39(28-31)45-33-14-5-4-11-29(33)21-26-44(45)52(43)48-49-40-19-10-18-36-34-15-6-7-17-37(34)47(50-48)46(36)40/h1-28H. The Morgan fingerprint density at radius 1 is 0.365 bits per heavy atom. The summed E-state index contributed by atoms with van der Waals surface area (Å²) in [6.07, 6.45) is 0. The smallest absolute Gasteiger partial charge is 0.235 e. The van der Waals surface area contributed by atoms with Crippen molar-refractivity contribution < 1.29 is 0 Å². The maximum absolute atomic E-state index is 5.36. The Morgan fingerprint density at radius 3 is 1.88 bits per heavy atom. The molecule has 8 aromatic carbocycles. The SMILES string of the molecule is c1ccc(-n2c3ccccc3c3cc(-c4ccc5c(c4)c4c6ccccc6ccc4n5-c4nc5c6c(cccc6n4)-c4ccccc4-5)ccc32)cc1. The van der Waals surface area contributed by atoms with Gasteiger partial charge in [-0.15, -0.1) is 0 Å². The average Bonchev–Trinajstić information content (AvgIpc) is 3.84. The lowest BCUT2D eigenvalue weighted by atomic mass is 9.99. The molecule has 0 spiro atoms. The first kappa shape index (κ1) is 27.7. The molecule has 4 nitrogen and oxygen atoms in total. The van der Waals surface area contributed by atoms with E-state index in [1.807, 2.05) is 0 Å². The molecule has 0 N–H and O–H groups in total. The summed E-state index contributed by atoms with van der Waals surface area (Å²) in [5, 5.41) is 8.46. The maximum atomic E-state index is 5.36. The molecule has 12 rings (SSSR count). The van der Waals surface area contributed by atoms with Crippen LogP contribution in [0, 0.1) is 0 Å². The molecule has 1 aliphatic rings. The van der Waals surface area contributed by atoms with Gasteiger partial charge in [0.05, 0.1) is 33.3 Å². The van der Waals surface area contributed by atoms with E-state index in [2.05, 4.69) is 179 Å². The van der Waals surface area contributed by atoms with Crippen LogP contribution in [0.5, 0.6) is 0 Å². The normalized spacial score (nSPS) is 12.2. The summed E-state index contributed by atoms with van der Waals surface area (Å²) >= 11 is 0. The fourth-order valence-corrected chi connectivity index (χ4v) is 8.81. The first-order chi connectivity index (χ1) is 25.8. The molecule has 0 amide bonds. The number of benzene rings is 8. The maximum Gasteiger partial charge on any atom is 0.235 e. The lowest BCUT2D eigenvalue weighted by Crippen LogP contribution is -2.02. The molecule has 52 heavy (non-hydrogen) atoms. The minimum atomic E-state index is 0.689. The second-order valence-corrected chi connectivity index (χ2v) is 13.8. The largest absolute Gasteiger partial charge is 0.309 e. The van der Waals surface area contributed by atoms with E-state index in [-0.39, 0.29) is 0 Å². The Labute approximate surface area is 298 Å². The van der Waals surface area contributed by atoms with E-state index < -0.39 is 0 Å². The Kier molecular flexibility index (Phi) is 5.47. The van der Waals surface area contributed by atoms with Crippen molar-refractivity contribution in [1.82, 2.24) is 19.1 Å². The zero-order valence-corrected chi connectivity index (χ0v) is 28.0. The van der Waals surface area contributed by atoms with E-state index in [4.69, 9.17) is 9.97 Å². The monoisotopic (exact) mass is 660 g/mol. The topological polar surface area (TPSA) is 35.6 Å². The highest BCUT2D eigenvalue weighted by molar-refractivity contribution is 6.22. The van der Waals surface area contributed by atoms with Gasteiger partial charge in [-0.1, -0.05) is 115 Å². The van der Waals surface area contributed by atoms with Gasteiger partial charge in [-0.3, -0.25) is 4.57 Å². The molecule has 0 saturated carbocycles. The molecule has 0 radical (unpaired) electrons. The first-order valence-electron chi connectivity index (χ1n) is 17.8. The molecule has 240 valence electrons. The molecule has 11 aromatic rings. The van der Waals surface area contributed by atoms with Crippen molar-refractivity contribution in [2.24, 2.45) is 0 Å². The third kappa shape index (κ3) is 3.70. The lowest BCUT2D eigenvalue weighted by Gasteiger charge is -2.10. The zero-order chi connectivity index (χ0) is 33.9. The minimum Gasteiger partial charge on any atom is -0.309 e. The third-order valence-corrected chi connectivity index (χ3v) is 11.1. The van der Waals surface area contributed by atoms with Crippen molar-refractivity contribution in [3.8, 4) is 45.1 Å². The van der Waals surface area contributed by atoms with Gasteiger partial charge in [0.15, 0.2) is 0 Å². The van der Waals surface area contributed by atoms with Gasteiger partial charge in [-0.05, 0) is 87.6 Å². The highest BCUT2D eigenvalue weighted by atomic mass is 15.2. The molecule has 3 aromatic heterocycles. The van der Waals surface area contributed by atoms with E-state index >= 15 is 0 Å². The second kappa shape index (κ2) is 10.3. The van der Waals surface area contributed by atoms with Crippen molar-refractivity contribution in [2.75, 3.05) is 0 Å². The van der Waals surface area contributed by atoms with Crippen LogP contribution >= 0.6 is 0 Å². The minimum absolute atomic E-state index is 0.689. The van der Waals surface area contributed by atoms with E-state index in [9.17, 15) is 0 Å². The van der Waals surface area contributed by atoms with Crippen LogP contribution in [0.2, 0.25) is 0 Å². The number of hydrogen-bond donors (Lipinski definition) is 0. The number of rotatable bonds is 3. The fraction of sp³-hybridized carbons (Fsp3) is 0. The van der Waals surface area contributed by atoms with Gasteiger partial charge < -0.3 is 4.57 Å². The summed E-state index contributed by atoms with van der Waals surface area (Å²) in [7, 11) is 0. The Balaban J connectivity index is 1.12. The molecule has 0 saturated heterocycles. The molecule has 0 atom stereocenters. The van der Waals surface area contributed by atoms with Crippen LogP contribution in [0.1, 0.15) is 0 Å². The summed E-state index contributed by atoms with van der Waals surface area (Å²) in [5.74, 6) is 0.689. The highest BCUT2D eigenvalue weighted by Gasteiger charge is 2.26. The van der Waals surface area contributed by atoms with Crippen molar-refractivity contribution >= 4 is 65.3 Å². The van der Waals surface area contributed by atoms with Gasteiger partial charge in [0, 0.05) is 38.2 Å². The summed E-state index contributed by atoms with van der Waals surface area (Å²) in [6.45, 7) is 0. The van der Waals surface area contributed by atoms with Gasteiger partial charge in [-0.2, -0.15) is 0 Å². The van der Waals surface area contributed by atoms with Crippen LogP contribution < -0.4 is 0 Å². The van der Waals surface area contributed by atoms with Gasteiger partial charge in [0.2, 0.25) is 5.95 Å². The van der Waals surface area contributed by atoms with Crippen LogP contribution in [0.25, 0.3) is 110 Å². The lowest BCUT2D eigenvalue weighted by molar-refractivity contribution is 1.02.